The van der Waals surface area contributed by atoms with Crippen LogP contribution in [0.4, 0.5) is 4.79 Å². The molecule has 4 rings (SSSR count). The minimum absolute atomic E-state index is 0.0727. The van der Waals surface area contributed by atoms with Crippen molar-refractivity contribution in [2.45, 2.75) is 25.8 Å². The van der Waals surface area contributed by atoms with Crippen LogP contribution in [-0.4, -0.2) is 68.3 Å². The van der Waals surface area contributed by atoms with Crippen LogP contribution in [0.1, 0.15) is 29.4 Å². The molecular formula is C18H21N5O3. The van der Waals surface area contributed by atoms with Gasteiger partial charge in [0.05, 0.1) is 23.0 Å². The Kier molecular flexibility index (Phi) is 3.90. The van der Waals surface area contributed by atoms with Crippen LogP contribution in [0.15, 0.2) is 30.6 Å². The number of pyridine rings is 1. The summed E-state index contributed by atoms with van der Waals surface area (Å²) in [6.07, 6.45) is 3.75. The summed E-state index contributed by atoms with van der Waals surface area (Å²) in [5.74, 6) is 0.602. The monoisotopic (exact) mass is 355 g/mol. The van der Waals surface area contributed by atoms with Gasteiger partial charge in [0.2, 0.25) is 0 Å². The summed E-state index contributed by atoms with van der Waals surface area (Å²) in [4.78, 5) is 32.9. The van der Waals surface area contributed by atoms with Gasteiger partial charge in [-0.3, -0.25) is 9.69 Å². The molecule has 1 unspecified atom stereocenters. The lowest BCUT2D eigenvalue weighted by atomic mass is 9.92. The maximum absolute atomic E-state index is 13.1. The molecule has 26 heavy (non-hydrogen) atoms. The minimum Gasteiger partial charge on any atom is -0.447 e. The Labute approximate surface area is 151 Å². The molecule has 0 bridgehead atoms. The number of hydrogen-bond donors (Lipinski definition) is 0. The molecule has 2 aliphatic rings. The summed E-state index contributed by atoms with van der Waals surface area (Å²) < 4.78 is 6.91. The number of carbonyl (C=O) groups is 2. The number of amides is 2. The zero-order chi connectivity index (χ0) is 18.3. The standard InChI is InChI=1S/C18H21N5O3/c1-3-18-11-21(8-9-22(18)17(25)26-12-18)16(24)14-10-20-23(13(14)2)15-6-4-5-7-19-15/h4-7,10H,3,8-9,11-12H2,1-2H3. The Morgan fingerprint density at radius 3 is 2.92 bits per heavy atom. The number of fused-ring (bicyclic) bond motifs is 1. The normalized spacial score (nSPS) is 22.3. The van der Waals surface area contributed by atoms with E-state index >= 15 is 0 Å². The highest BCUT2D eigenvalue weighted by Crippen LogP contribution is 2.32. The van der Waals surface area contributed by atoms with Crippen LogP contribution in [0, 0.1) is 6.92 Å². The van der Waals surface area contributed by atoms with Gasteiger partial charge in [0.15, 0.2) is 5.82 Å². The first-order valence-corrected chi connectivity index (χ1v) is 8.75. The fourth-order valence-corrected chi connectivity index (χ4v) is 3.74. The van der Waals surface area contributed by atoms with Crippen molar-refractivity contribution in [3.05, 3.63) is 41.9 Å². The molecule has 8 nitrogen and oxygen atoms in total. The van der Waals surface area contributed by atoms with Crippen LogP contribution in [-0.2, 0) is 4.74 Å². The van der Waals surface area contributed by atoms with Crippen molar-refractivity contribution in [2.75, 3.05) is 26.2 Å². The SMILES string of the molecule is CCC12COC(=O)N1CCN(C(=O)c1cnn(-c3ccccn3)c1C)C2. The highest BCUT2D eigenvalue weighted by molar-refractivity contribution is 5.95. The van der Waals surface area contributed by atoms with E-state index in [1.165, 1.54) is 0 Å². The van der Waals surface area contributed by atoms with Gasteiger partial charge in [0, 0.05) is 25.8 Å². The molecular weight excluding hydrogens is 334 g/mol. The average Bonchev–Trinajstić information content (AvgIpc) is 3.22. The summed E-state index contributed by atoms with van der Waals surface area (Å²) >= 11 is 0. The van der Waals surface area contributed by atoms with Crippen molar-refractivity contribution in [3.8, 4) is 5.82 Å². The number of ether oxygens (including phenoxy) is 1. The smallest absolute Gasteiger partial charge is 0.410 e. The average molecular weight is 355 g/mol. The Morgan fingerprint density at radius 1 is 1.35 bits per heavy atom. The van der Waals surface area contributed by atoms with Crippen molar-refractivity contribution in [2.24, 2.45) is 0 Å². The summed E-state index contributed by atoms with van der Waals surface area (Å²) in [5.41, 5.74) is 0.886. The van der Waals surface area contributed by atoms with E-state index in [1.807, 2.05) is 32.0 Å². The molecule has 2 aromatic rings. The van der Waals surface area contributed by atoms with Crippen LogP contribution in [0.5, 0.6) is 0 Å². The van der Waals surface area contributed by atoms with Crippen LogP contribution >= 0.6 is 0 Å². The fraction of sp³-hybridized carbons (Fsp3) is 0.444. The predicted molar refractivity (Wildman–Crippen MR) is 93.1 cm³/mol. The summed E-state index contributed by atoms with van der Waals surface area (Å²) in [6, 6.07) is 5.57. The van der Waals surface area contributed by atoms with Crippen molar-refractivity contribution in [3.63, 3.8) is 0 Å². The molecule has 8 heteroatoms. The van der Waals surface area contributed by atoms with Gasteiger partial charge in [0.1, 0.15) is 6.61 Å². The van der Waals surface area contributed by atoms with Crippen molar-refractivity contribution in [1.29, 1.82) is 0 Å². The molecule has 2 saturated heterocycles. The number of aromatic nitrogens is 3. The van der Waals surface area contributed by atoms with Gasteiger partial charge >= 0.3 is 6.09 Å². The number of cyclic esters (lactones) is 1. The lowest BCUT2D eigenvalue weighted by Crippen LogP contribution is -2.62. The van der Waals surface area contributed by atoms with E-state index in [0.29, 0.717) is 37.6 Å². The number of hydrogen-bond acceptors (Lipinski definition) is 5. The summed E-state index contributed by atoms with van der Waals surface area (Å²) in [6.45, 7) is 5.67. The second-order valence-electron chi connectivity index (χ2n) is 6.75. The quantitative estimate of drug-likeness (QED) is 0.836. The third-order valence-corrected chi connectivity index (χ3v) is 5.39. The third-order valence-electron chi connectivity index (χ3n) is 5.39. The van der Waals surface area contributed by atoms with E-state index in [9.17, 15) is 9.59 Å². The van der Waals surface area contributed by atoms with Crippen LogP contribution in [0.25, 0.3) is 5.82 Å². The zero-order valence-electron chi connectivity index (χ0n) is 14.9. The lowest BCUT2D eigenvalue weighted by Gasteiger charge is -2.44. The fourth-order valence-electron chi connectivity index (χ4n) is 3.74. The van der Waals surface area contributed by atoms with E-state index in [0.717, 1.165) is 12.1 Å². The largest absolute Gasteiger partial charge is 0.447 e. The maximum atomic E-state index is 13.1. The van der Waals surface area contributed by atoms with Gasteiger partial charge in [-0.1, -0.05) is 13.0 Å². The first kappa shape index (κ1) is 16.6. The summed E-state index contributed by atoms with van der Waals surface area (Å²) in [7, 11) is 0. The molecule has 0 aliphatic carbocycles. The second kappa shape index (κ2) is 6.12. The maximum Gasteiger partial charge on any atom is 0.410 e. The third kappa shape index (κ3) is 2.44. The van der Waals surface area contributed by atoms with E-state index in [4.69, 9.17) is 4.74 Å². The zero-order valence-corrected chi connectivity index (χ0v) is 14.9. The molecule has 0 N–H and O–H groups in total. The highest BCUT2D eigenvalue weighted by atomic mass is 16.6. The van der Waals surface area contributed by atoms with Gasteiger partial charge in [-0.15, -0.1) is 0 Å². The van der Waals surface area contributed by atoms with Gasteiger partial charge in [-0.25, -0.2) is 14.5 Å². The van der Waals surface area contributed by atoms with Gasteiger partial charge < -0.3 is 9.64 Å². The predicted octanol–water partition coefficient (Wildman–Crippen LogP) is 1.63. The van der Waals surface area contributed by atoms with E-state index in [-0.39, 0.29) is 12.0 Å². The van der Waals surface area contributed by atoms with Gasteiger partial charge in [-0.2, -0.15) is 5.10 Å². The number of nitrogens with zero attached hydrogens (tertiary/aromatic N) is 5. The van der Waals surface area contributed by atoms with Crippen molar-refractivity contribution < 1.29 is 14.3 Å². The van der Waals surface area contributed by atoms with Crippen LogP contribution < -0.4 is 0 Å². The molecule has 136 valence electrons. The second-order valence-corrected chi connectivity index (χ2v) is 6.75. The molecule has 2 aliphatic heterocycles. The molecule has 2 aromatic heterocycles. The summed E-state index contributed by atoms with van der Waals surface area (Å²) in [5, 5.41) is 4.34. The Balaban J connectivity index is 1.59. The minimum atomic E-state index is -0.421. The molecule has 2 amide bonds. The highest BCUT2D eigenvalue weighted by Gasteiger charge is 2.50. The number of rotatable bonds is 3. The molecule has 0 saturated carbocycles. The van der Waals surface area contributed by atoms with Crippen molar-refractivity contribution >= 4 is 12.0 Å². The molecule has 0 aromatic carbocycles. The number of piperazine rings is 1. The Hall–Kier alpha value is -2.90. The van der Waals surface area contributed by atoms with E-state index < -0.39 is 5.54 Å². The number of carbonyl (C=O) groups excluding carboxylic acids is 2. The Bertz CT molecular complexity index is 850. The van der Waals surface area contributed by atoms with E-state index in [2.05, 4.69) is 10.1 Å². The van der Waals surface area contributed by atoms with Crippen LogP contribution in [0.3, 0.4) is 0 Å². The van der Waals surface area contributed by atoms with Gasteiger partial charge in [-0.05, 0) is 25.5 Å². The van der Waals surface area contributed by atoms with E-state index in [1.54, 1.807) is 26.9 Å². The first-order chi connectivity index (χ1) is 12.6. The molecule has 2 fully saturated rings. The lowest BCUT2D eigenvalue weighted by molar-refractivity contribution is 0.0361. The Morgan fingerprint density at radius 2 is 2.19 bits per heavy atom. The van der Waals surface area contributed by atoms with Crippen molar-refractivity contribution in [1.82, 2.24) is 24.6 Å². The molecule has 4 heterocycles. The molecule has 0 radical (unpaired) electrons. The molecule has 1 atom stereocenters. The molecule has 0 spiro atoms. The first-order valence-electron chi connectivity index (χ1n) is 8.75. The van der Waals surface area contributed by atoms with Crippen LogP contribution in [0.2, 0.25) is 0 Å². The van der Waals surface area contributed by atoms with Gasteiger partial charge in [0.25, 0.3) is 5.91 Å². The topological polar surface area (TPSA) is 80.6 Å².